The molecule has 1 rings (SSSR count). The molecule has 1 aromatic rings. The first-order valence-corrected chi connectivity index (χ1v) is 8.09. The third-order valence-electron chi connectivity index (χ3n) is 3.91. The van der Waals surface area contributed by atoms with Crippen LogP contribution in [0.25, 0.3) is 0 Å². The van der Waals surface area contributed by atoms with Gasteiger partial charge in [-0.25, -0.2) is 8.78 Å². The second kappa shape index (κ2) is 9.88. The highest BCUT2D eigenvalue weighted by Gasteiger charge is 2.37. The monoisotopic (exact) mass is 298 g/mol. The zero-order valence-corrected chi connectivity index (χ0v) is 13.3. The fourth-order valence-electron chi connectivity index (χ4n) is 2.42. The molecule has 0 saturated heterocycles. The molecule has 0 amide bonds. The van der Waals surface area contributed by atoms with Crippen LogP contribution in [0.15, 0.2) is 30.3 Å². The molecule has 0 radical (unpaired) electrons. The van der Waals surface area contributed by atoms with Gasteiger partial charge in [0, 0.05) is 12.3 Å². The molecule has 0 saturated carbocycles. The molecule has 0 unspecified atom stereocenters. The van der Waals surface area contributed by atoms with Gasteiger partial charge < -0.3 is 4.74 Å². The van der Waals surface area contributed by atoms with Crippen LogP contribution in [0, 0.1) is 5.92 Å². The lowest BCUT2D eigenvalue weighted by atomic mass is 9.93. The van der Waals surface area contributed by atoms with Crippen LogP contribution < -0.4 is 0 Å². The molecule has 1 nitrogen and oxygen atoms in total. The molecule has 0 aliphatic rings. The van der Waals surface area contributed by atoms with Gasteiger partial charge in [0.05, 0.1) is 13.2 Å². The smallest absolute Gasteiger partial charge is 0.252 e. The van der Waals surface area contributed by atoms with E-state index in [-0.39, 0.29) is 13.0 Å². The molecule has 21 heavy (non-hydrogen) atoms. The highest BCUT2D eigenvalue weighted by atomic mass is 19.3. The van der Waals surface area contributed by atoms with E-state index in [0.29, 0.717) is 13.0 Å². The molecular formula is C18H28F2O. The maximum absolute atomic E-state index is 14.0. The first kappa shape index (κ1) is 18.1. The van der Waals surface area contributed by atoms with Gasteiger partial charge in [0.15, 0.2) is 0 Å². The number of benzene rings is 1. The van der Waals surface area contributed by atoms with Crippen molar-refractivity contribution in [3.05, 3.63) is 35.9 Å². The van der Waals surface area contributed by atoms with E-state index in [1.807, 2.05) is 30.3 Å². The van der Waals surface area contributed by atoms with Crippen LogP contribution in [0.2, 0.25) is 0 Å². The number of halogens is 2. The van der Waals surface area contributed by atoms with Crippen LogP contribution in [0.3, 0.4) is 0 Å². The summed E-state index contributed by atoms with van der Waals surface area (Å²) in [7, 11) is 0. The van der Waals surface area contributed by atoms with E-state index in [1.54, 1.807) is 6.92 Å². The Bertz CT molecular complexity index is 365. The van der Waals surface area contributed by atoms with Crippen LogP contribution in [0.5, 0.6) is 0 Å². The molecule has 3 heteroatoms. The van der Waals surface area contributed by atoms with Gasteiger partial charge in [0.1, 0.15) is 0 Å². The van der Waals surface area contributed by atoms with Gasteiger partial charge >= 0.3 is 0 Å². The maximum atomic E-state index is 14.0. The normalized spacial score (nSPS) is 13.3. The first-order valence-electron chi connectivity index (χ1n) is 8.09. The van der Waals surface area contributed by atoms with Crippen molar-refractivity contribution in [2.45, 2.75) is 64.9 Å². The summed E-state index contributed by atoms with van der Waals surface area (Å²) in [5.41, 5.74) is 1.03. The molecule has 0 N–H and O–H groups in total. The van der Waals surface area contributed by atoms with Crippen molar-refractivity contribution in [1.82, 2.24) is 0 Å². The zero-order valence-electron chi connectivity index (χ0n) is 13.3. The standard InChI is InChI=1S/C18H28F2O/c1-3-5-6-10-13-17(18(19,20)4-2)15-21-14-16-11-8-7-9-12-16/h7-9,11-12,17H,3-6,10,13-15H2,1-2H3/t17-/m0/s1. The lowest BCUT2D eigenvalue weighted by Crippen LogP contribution is -2.31. The third kappa shape index (κ3) is 7.03. The highest BCUT2D eigenvalue weighted by molar-refractivity contribution is 5.13. The lowest BCUT2D eigenvalue weighted by Gasteiger charge is -2.26. The summed E-state index contributed by atoms with van der Waals surface area (Å²) >= 11 is 0. The minimum Gasteiger partial charge on any atom is -0.376 e. The fourth-order valence-corrected chi connectivity index (χ4v) is 2.42. The Hall–Kier alpha value is -0.960. The number of alkyl halides is 2. The van der Waals surface area contributed by atoms with Crippen LogP contribution in [0.4, 0.5) is 8.78 Å². The van der Waals surface area contributed by atoms with Crippen LogP contribution in [-0.2, 0) is 11.3 Å². The van der Waals surface area contributed by atoms with Crippen LogP contribution >= 0.6 is 0 Å². The summed E-state index contributed by atoms with van der Waals surface area (Å²) in [6, 6.07) is 9.71. The minimum atomic E-state index is -2.62. The predicted molar refractivity (Wildman–Crippen MR) is 83.6 cm³/mol. The molecule has 0 aliphatic heterocycles. The summed E-state index contributed by atoms with van der Waals surface area (Å²) in [4.78, 5) is 0. The van der Waals surface area contributed by atoms with E-state index in [4.69, 9.17) is 4.74 Å². The third-order valence-corrected chi connectivity index (χ3v) is 3.91. The topological polar surface area (TPSA) is 9.23 Å². The molecule has 0 fully saturated rings. The van der Waals surface area contributed by atoms with Crippen molar-refractivity contribution < 1.29 is 13.5 Å². The summed E-state index contributed by atoms with van der Waals surface area (Å²) in [6.07, 6.45) is 4.58. The van der Waals surface area contributed by atoms with Crippen molar-refractivity contribution in [2.75, 3.05) is 6.61 Å². The van der Waals surface area contributed by atoms with Gasteiger partial charge in [-0.15, -0.1) is 0 Å². The Kier molecular flexibility index (Phi) is 8.51. The van der Waals surface area contributed by atoms with Gasteiger partial charge in [-0.3, -0.25) is 0 Å². The van der Waals surface area contributed by atoms with E-state index >= 15 is 0 Å². The molecular weight excluding hydrogens is 270 g/mol. The molecule has 1 aromatic carbocycles. The van der Waals surface area contributed by atoms with E-state index < -0.39 is 11.8 Å². The van der Waals surface area contributed by atoms with Crippen molar-refractivity contribution >= 4 is 0 Å². The molecule has 1 atom stereocenters. The number of unbranched alkanes of at least 4 members (excludes halogenated alkanes) is 3. The number of hydrogen-bond donors (Lipinski definition) is 0. The van der Waals surface area contributed by atoms with Crippen molar-refractivity contribution in [1.29, 1.82) is 0 Å². The van der Waals surface area contributed by atoms with E-state index in [2.05, 4.69) is 6.92 Å². The van der Waals surface area contributed by atoms with Crippen molar-refractivity contribution in [2.24, 2.45) is 5.92 Å². The number of rotatable bonds is 11. The van der Waals surface area contributed by atoms with Gasteiger partial charge in [-0.2, -0.15) is 0 Å². The zero-order chi connectivity index (χ0) is 15.6. The first-order chi connectivity index (χ1) is 10.1. The Morgan fingerprint density at radius 2 is 1.76 bits per heavy atom. The minimum absolute atomic E-state index is 0.111. The van der Waals surface area contributed by atoms with Gasteiger partial charge in [0.25, 0.3) is 5.92 Å². The Balaban J connectivity index is 2.41. The average molecular weight is 298 g/mol. The van der Waals surface area contributed by atoms with Gasteiger partial charge in [-0.1, -0.05) is 69.9 Å². The van der Waals surface area contributed by atoms with Crippen molar-refractivity contribution in [3.63, 3.8) is 0 Å². The lowest BCUT2D eigenvalue weighted by molar-refractivity contribution is -0.0955. The number of ether oxygens (including phenoxy) is 1. The second-order valence-corrected chi connectivity index (χ2v) is 5.66. The summed E-state index contributed by atoms with van der Waals surface area (Å²) < 4.78 is 33.5. The van der Waals surface area contributed by atoms with Crippen molar-refractivity contribution in [3.8, 4) is 0 Å². The molecule has 0 spiro atoms. The highest BCUT2D eigenvalue weighted by Crippen LogP contribution is 2.32. The fraction of sp³-hybridized carbons (Fsp3) is 0.667. The van der Waals surface area contributed by atoms with Gasteiger partial charge in [0.2, 0.25) is 0 Å². The van der Waals surface area contributed by atoms with E-state index in [9.17, 15) is 8.78 Å². The summed E-state index contributed by atoms with van der Waals surface area (Å²) in [5, 5.41) is 0. The molecule has 0 heterocycles. The van der Waals surface area contributed by atoms with Crippen LogP contribution in [-0.4, -0.2) is 12.5 Å². The SMILES string of the molecule is CCCCCC[C@@H](COCc1ccccc1)C(F)(F)CC. The molecule has 120 valence electrons. The largest absolute Gasteiger partial charge is 0.376 e. The van der Waals surface area contributed by atoms with Crippen LogP contribution in [0.1, 0.15) is 57.9 Å². The number of hydrogen-bond acceptors (Lipinski definition) is 1. The molecule has 0 bridgehead atoms. The quantitative estimate of drug-likeness (QED) is 0.467. The maximum Gasteiger partial charge on any atom is 0.252 e. The molecule has 0 aromatic heterocycles. The van der Waals surface area contributed by atoms with E-state index in [1.165, 1.54) is 0 Å². The summed E-state index contributed by atoms with van der Waals surface area (Å²) in [6.45, 7) is 4.23. The van der Waals surface area contributed by atoms with Gasteiger partial charge in [-0.05, 0) is 12.0 Å². The second-order valence-electron chi connectivity index (χ2n) is 5.66. The predicted octanol–water partition coefficient (Wildman–Crippen LogP) is 5.84. The Morgan fingerprint density at radius 1 is 1.05 bits per heavy atom. The summed E-state index contributed by atoms with van der Waals surface area (Å²) in [5.74, 6) is -3.29. The average Bonchev–Trinajstić information content (AvgIpc) is 2.50. The molecule has 0 aliphatic carbocycles. The van der Waals surface area contributed by atoms with E-state index in [0.717, 1.165) is 31.2 Å². The Labute approximate surface area is 127 Å². The Morgan fingerprint density at radius 3 is 2.38 bits per heavy atom.